The number of likely N-dealkylation sites (tertiary alicyclic amines) is 1. The molecule has 1 saturated heterocycles. The number of hydrogen-bond donors (Lipinski definition) is 3. The first kappa shape index (κ1) is 15.4. The molecular weight excluding hydrogens is 275 g/mol. The molecule has 1 aliphatic rings. The summed E-state index contributed by atoms with van der Waals surface area (Å²) in [7, 11) is 0. The van der Waals surface area contributed by atoms with Gasteiger partial charge in [-0.15, -0.1) is 0 Å². The molecule has 114 valence electrons. The van der Waals surface area contributed by atoms with Crippen molar-refractivity contribution in [1.82, 2.24) is 4.90 Å². The molecule has 0 saturated carbocycles. The number of benzene rings is 1. The van der Waals surface area contributed by atoms with Gasteiger partial charge in [0.15, 0.2) is 0 Å². The predicted molar refractivity (Wildman–Crippen MR) is 77.2 cm³/mol. The summed E-state index contributed by atoms with van der Waals surface area (Å²) < 4.78 is 13.6. The Hall–Kier alpha value is -1.99. The molecule has 0 bridgehead atoms. The lowest BCUT2D eigenvalue weighted by molar-refractivity contribution is -0.117. The van der Waals surface area contributed by atoms with Crippen LogP contribution >= 0.6 is 0 Å². The molecule has 1 aromatic carbocycles. The van der Waals surface area contributed by atoms with Gasteiger partial charge in [0, 0.05) is 24.7 Å². The fourth-order valence-electron chi connectivity index (χ4n) is 2.28. The maximum absolute atomic E-state index is 13.6. The van der Waals surface area contributed by atoms with Gasteiger partial charge in [0.1, 0.15) is 5.82 Å². The highest BCUT2D eigenvalue weighted by Gasteiger charge is 2.19. The van der Waals surface area contributed by atoms with E-state index >= 15 is 0 Å². The van der Waals surface area contributed by atoms with Crippen molar-refractivity contribution in [3.63, 3.8) is 0 Å². The number of hydrogen-bond acceptors (Lipinski definition) is 4. The van der Waals surface area contributed by atoms with Crippen LogP contribution in [0.25, 0.3) is 0 Å². The summed E-state index contributed by atoms with van der Waals surface area (Å²) in [6.07, 6.45) is 1.69. The van der Waals surface area contributed by atoms with E-state index < -0.39 is 11.7 Å². The van der Waals surface area contributed by atoms with Crippen molar-refractivity contribution in [2.75, 3.05) is 25.0 Å². The number of nitrogens with two attached hydrogens (primary N) is 2. The van der Waals surface area contributed by atoms with E-state index in [0.29, 0.717) is 0 Å². The van der Waals surface area contributed by atoms with Crippen LogP contribution in [0.5, 0.6) is 0 Å². The molecule has 1 aromatic rings. The highest BCUT2D eigenvalue weighted by atomic mass is 19.1. The Bertz CT molecular complexity index is 542. The molecule has 2 rings (SSSR count). The van der Waals surface area contributed by atoms with Gasteiger partial charge in [0.25, 0.3) is 0 Å². The summed E-state index contributed by atoms with van der Waals surface area (Å²) in [5.74, 6) is -1.60. The van der Waals surface area contributed by atoms with Gasteiger partial charge in [0.2, 0.25) is 11.8 Å². The summed E-state index contributed by atoms with van der Waals surface area (Å²) in [6, 6.07) is 3.81. The molecule has 2 amide bonds. The predicted octanol–water partition coefficient (Wildman–Crippen LogP) is 0.286. The number of primary amides is 1. The minimum atomic E-state index is -0.671. The third kappa shape index (κ3) is 4.24. The maximum Gasteiger partial charge on any atom is 0.248 e. The summed E-state index contributed by atoms with van der Waals surface area (Å²) in [6.45, 7) is 1.67. The molecule has 0 radical (unpaired) electrons. The smallest absolute Gasteiger partial charge is 0.248 e. The number of nitrogens with one attached hydrogen (secondary N) is 1. The molecule has 0 unspecified atom stereocenters. The van der Waals surface area contributed by atoms with Crippen molar-refractivity contribution in [1.29, 1.82) is 0 Å². The van der Waals surface area contributed by atoms with Gasteiger partial charge in [0.05, 0.1) is 12.2 Å². The number of carbonyl (C=O) groups is 2. The van der Waals surface area contributed by atoms with E-state index in [2.05, 4.69) is 5.32 Å². The van der Waals surface area contributed by atoms with Crippen molar-refractivity contribution in [2.24, 2.45) is 11.5 Å². The average molecular weight is 294 g/mol. The van der Waals surface area contributed by atoms with Gasteiger partial charge in [-0.2, -0.15) is 0 Å². The molecule has 1 heterocycles. The zero-order chi connectivity index (χ0) is 15.4. The van der Waals surface area contributed by atoms with Gasteiger partial charge in [-0.3, -0.25) is 14.5 Å². The molecule has 1 fully saturated rings. The number of amides is 2. The molecule has 0 aromatic heterocycles. The Morgan fingerprint density at radius 3 is 2.62 bits per heavy atom. The lowest BCUT2D eigenvalue weighted by Crippen LogP contribution is -2.43. The molecule has 21 heavy (non-hydrogen) atoms. The summed E-state index contributed by atoms with van der Waals surface area (Å²) >= 11 is 0. The lowest BCUT2D eigenvalue weighted by atomic mass is 10.1. The lowest BCUT2D eigenvalue weighted by Gasteiger charge is -2.29. The largest absolute Gasteiger partial charge is 0.366 e. The third-order valence-electron chi connectivity index (χ3n) is 3.52. The van der Waals surface area contributed by atoms with Crippen LogP contribution in [0.15, 0.2) is 18.2 Å². The van der Waals surface area contributed by atoms with Crippen molar-refractivity contribution in [3.8, 4) is 0 Å². The fourth-order valence-corrected chi connectivity index (χ4v) is 2.28. The molecular formula is C14H19FN4O2. The van der Waals surface area contributed by atoms with Crippen LogP contribution in [0.1, 0.15) is 23.2 Å². The molecule has 0 aliphatic carbocycles. The average Bonchev–Trinajstić information content (AvgIpc) is 2.43. The minimum absolute atomic E-state index is 0.0370. The van der Waals surface area contributed by atoms with Gasteiger partial charge in [-0.25, -0.2) is 4.39 Å². The normalized spacial score (nSPS) is 16.7. The molecule has 7 heteroatoms. The monoisotopic (exact) mass is 294 g/mol. The summed E-state index contributed by atoms with van der Waals surface area (Å²) in [4.78, 5) is 25.0. The molecule has 0 spiro atoms. The number of piperidine rings is 1. The van der Waals surface area contributed by atoms with Gasteiger partial charge in [-0.1, -0.05) is 0 Å². The highest BCUT2D eigenvalue weighted by molar-refractivity contribution is 5.96. The van der Waals surface area contributed by atoms with Gasteiger partial charge < -0.3 is 16.8 Å². The van der Waals surface area contributed by atoms with E-state index in [1.807, 2.05) is 4.90 Å². The first-order valence-electron chi connectivity index (χ1n) is 6.83. The van der Waals surface area contributed by atoms with Crippen molar-refractivity contribution in [3.05, 3.63) is 29.6 Å². The van der Waals surface area contributed by atoms with E-state index in [4.69, 9.17) is 11.5 Å². The summed E-state index contributed by atoms with van der Waals surface area (Å²) in [5, 5.41) is 2.47. The van der Waals surface area contributed by atoms with Crippen LogP contribution in [0.2, 0.25) is 0 Å². The zero-order valence-electron chi connectivity index (χ0n) is 11.6. The quantitative estimate of drug-likeness (QED) is 0.742. The number of nitrogens with zero attached hydrogens (tertiary/aromatic N) is 1. The zero-order valence-corrected chi connectivity index (χ0v) is 11.6. The third-order valence-corrected chi connectivity index (χ3v) is 3.52. The second kappa shape index (κ2) is 6.64. The van der Waals surface area contributed by atoms with Crippen LogP contribution in [0, 0.1) is 5.82 Å². The Labute approximate surface area is 122 Å². The maximum atomic E-state index is 13.6. The highest BCUT2D eigenvalue weighted by Crippen LogP contribution is 2.16. The van der Waals surface area contributed by atoms with Crippen LogP contribution in [0.4, 0.5) is 10.1 Å². The minimum Gasteiger partial charge on any atom is -0.366 e. The number of anilines is 1. The van der Waals surface area contributed by atoms with E-state index in [0.717, 1.165) is 32.0 Å². The van der Waals surface area contributed by atoms with E-state index in [1.165, 1.54) is 12.1 Å². The molecule has 1 aliphatic heterocycles. The Kier molecular flexibility index (Phi) is 4.87. The van der Waals surface area contributed by atoms with Crippen molar-refractivity contribution < 1.29 is 14.0 Å². The first-order chi connectivity index (χ1) is 9.95. The fraction of sp³-hybridized carbons (Fsp3) is 0.429. The summed E-state index contributed by atoms with van der Waals surface area (Å²) in [5.41, 5.74) is 11.0. The van der Waals surface area contributed by atoms with E-state index in [9.17, 15) is 14.0 Å². The number of rotatable bonds is 4. The first-order valence-corrected chi connectivity index (χ1v) is 6.83. The van der Waals surface area contributed by atoms with Crippen LogP contribution < -0.4 is 16.8 Å². The molecule has 6 nitrogen and oxygen atoms in total. The standard InChI is InChI=1S/C14H19FN4O2/c15-11-2-1-9(14(17)21)7-12(11)18-13(20)8-19-5-3-10(16)4-6-19/h1-2,7,10H,3-6,8,16H2,(H2,17,21)(H,18,20). The molecule has 0 atom stereocenters. The Balaban J connectivity index is 1.96. The second-order valence-corrected chi connectivity index (χ2v) is 5.22. The van der Waals surface area contributed by atoms with Crippen molar-refractivity contribution in [2.45, 2.75) is 18.9 Å². The topological polar surface area (TPSA) is 101 Å². The Morgan fingerprint density at radius 2 is 2.00 bits per heavy atom. The van der Waals surface area contributed by atoms with E-state index in [-0.39, 0.29) is 29.7 Å². The second-order valence-electron chi connectivity index (χ2n) is 5.22. The number of halogens is 1. The molecule has 5 N–H and O–H groups in total. The van der Waals surface area contributed by atoms with Crippen molar-refractivity contribution >= 4 is 17.5 Å². The van der Waals surface area contributed by atoms with Crippen LogP contribution in [0.3, 0.4) is 0 Å². The van der Waals surface area contributed by atoms with Crippen LogP contribution in [-0.4, -0.2) is 42.4 Å². The van der Waals surface area contributed by atoms with Crippen LogP contribution in [-0.2, 0) is 4.79 Å². The SMILES string of the molecule is NC(=O)c1ccc(F)c(NC(=O)CN2CCC(N)CC2)c1. The number of carbonyl (C=O) groups excluding carboxylic acids is 2. The van der Waals surface area contributed by atoms with Gasteiger partial charge in [-0.05, 0) is 31.0 Å². The van der Waals surface area contributed by atoms with Gasteiger partial charge >= 0.3 is 0 Å². The Morgan fingerprint density at radius 1 is 1.33 bits per heavy atom. The van der Waals surface area contributed by atoms with E-state index in [1.54, 1.807) is 0 Å².